The molecule has 0 saturated heterocycles. The summed E-state index contributed by atoms with van der Waals surface area (Å²) in [5, 5.41) is 10.8. The van der Waals surface area contributed by atoms with Crippen LogP contribution in [0.1, 0.15) is 21.5 Å². The van der Waals surface area contributed by atoms with Crippen molar-refractivity contribution in [1.82, 2.24) is 0 Å². The van der Waals surface area contributed by atoms with Gasteiger partial charge in [-0.3, -0.25) is 14.9 Å². The van der Waals surface area contributed by atoms with Crippen LogP contribution in [0, 0.1) is 17.0 Å². The van der Waals surface area contributed by atoms with Crippen LogP contribution in [0.15, 0.2) is 48.5 Å². The van der Waals surface area contributed by atoms with Crippen molar-refractivity contribution in [3.05, 3.63) is 80.4 Å². The van der Waals surface area contributed by atoms with Crippen LogP contribution in [0.2, 0.25) is 5.02 Å². The summed E-state index contributed by atoms with van der Waals surface area (Å²) in [6.07, 6.45) is 3.07. The van der Waals surface area contributed by atoms with E-state index in [2.05, 4.69) is 0 Å². The highest BCUT2D eigenvalue weighted by Gasteiger charge is 2.14. The number of allylic oxidation sites excluding steroid dienone is 1. The molecule has 2 aromatic carbocycles. The Hall–Kier alpha value is -2.46. The lowest BCUT2D eigenvalue weighted by Gasteiger charge is -1.99. The van der Waals surface area contributed by atoms with Gasteiger partial charge in [0.15, 0.2) is 5.78 Å². The number of ketones is 1. The maximum atomic E-state index is 12.0. The topological polar surface area (TPSA) is 60.2 Å². The lowest BCUT2D eigenvalue weighted by atomic mass is 10.1. The third kappa shape index (κ3) is 3.77. The van der Waals surface area contributed by atoms with Crippen LogP contribution in [0.5, 0.6) is 0 Å². The molecule has 0 aliphatic heterocycles. The zero-order valence-electron chi connectivity index (χ0n) is 11.2. The molecule has 0 unspecified atom stereocenters. The second-order valence-electron chi connectivity index (χ2n) is 4.54. The standard InChI is InChI=1S/C16H12ClNO3/c1-11-3-2-4-12(9-11)5-8-16(19)13-6-7-14(17)15(10-13)18(20)21/h2-10H,1H3/b8-5+. The summed E-state index contributed by atoms with van der Waals surface area (Å²) in [5.74, 6) is -0.309. The van der Waals surface area contributed by atoms with E-state index in [1.807, 2.05) is 31.2 Å². The monoisotopic (exact) mass is 301 g/mol. The Labute approximate surface area is 126 Å². The van der Waals surface area contributed by atoms with Gasteiger partial charge in [0.1, 0.15) is 5.02 Å². The summed E-state index contributed by atoms with van der Waals surface area (Å²) in [6.45, 7) is 1.96. The van der Waals surface area contributed by atoms with E-state index in [-0.39, 0.29) is 22.1 Å². The minimum Gasteiger partial charge on any atom is -0.289 e. The van der Waals surface area contributed by atoms with Gasteiger partial charge >= 0.3 is 0 Å². The summed E-state index contributed by atoms with van der Waals surface area (Å²) in [6, 6.07) is 11.7. The van der Waals surface area contributed by atoms with Crippen molar-refractivity contribution in [3.8, 4) is 0 Å². The van der Waals surface area contributed by atoms with E-state index in [1.165, 1.54) is 24.3 Å². The number of hydrogen-bond acceptors (Lipinski definition) is 3. The second kappa shape index (κ2) is 6.33. The predicted molar refractivity (Wildman–Crippen MR) is 82.6 cm³/mol. The van der Waals surface area contributed by atoms with Crippen LogP contribution in [0.25, 0.3) is 6.08 Å². The SMILES string of the molecule is Cc1cccc(/C=C/C(=O)c2ccc(Cl)c([N+](=O)[O-])c2)c1. The van der Waals surface area contributed by atoms with Gasteiger partial charge in [0, 0.05) is 11.6 Å². The van der Waals surface area contributed by atoms with Gasteiger partial charge in [-0.2, -0.15) is 0 Å². The number of nitrogens with zero attached hydrogens (tertiary/aromatic N) is 1. The lowest BCUT2D eigenvalue weighted by Crippen LogP contribution is -1.97. The Morgan fingerprint density at radius 3 is 2.67 bits per heavy atom. The fraction of sp³-hybridized carbons (Fsp3) is 0.0625. The fourth-order valence-electron chi connectivity index (χ4n) is 1.85. The van der Waals surface area contributed by atoms with Crippen molar-refractivity contribution in [2.75, 3.05) is 0 Å². The summed E-state index contributed by atoms with van der Waals surface area (Å²) in [7, 11) is 0. The Bertz CT molecular complexity index is 738. The molecule has 2 rings (SSSR count). The quantitative estimate of drug-likeness (QED) is 0.363. The number of halogens is 1. The number of rotatable bonds is 4. The first kappa shape index (κ1) is 14.9. The number of nitro groups is 1. The summed E-state index contributed by atoms with van der Waals surface area (Å²) < 4.78 is 0. The summed E-state index contributed by atoms with van der Waals surface area (Å²) in [5.41, 5.74) is 1.94. The molecule has 4 nitrogen and oxygen atoms in total. The van der Waals surface area contributed by atoms with Crippen LogP contribution in [0.3, 0.4) is 0 Å². The van der Waals surface area contributed by atoms with Gasteiger partial charge in [0.2, 0.25) is 0 Å². The van der Waals surface area contributed by atoms with Crippen molar-refractivity contribution in [2.45, 2.75) is 6.92 Å². The Morgan fingerprint density at radius 2 is 2.00 bits per heavy atom. The van der Waals surface area contributed by atoms with Crippen LogP contribution >= 0.6 is 11.6 Å². The molecule has 0 N–H and O–H groups in total. The van der Waals surface area contributed by atoms with Crippen LogP contribution in [0.4, 0.5) is 5.69 Å². The van der Waals surface area contributed by atoms with Gasteiger partial charge in [-0.05, 0) is 30.7 Å². The van der Waals surface area contributed by atoms with Crippen molar-refractivity contribution < 1.29 is 9.72 Å². The Balaban J connectivity index is 2.25. The maximum Gasteiger partial charge on any atom is 0.288 e. The normalized spacial score (nSPS) is 10.8. The van der Waals surface area contributed by atoms with Crippen LogP contribution in [-0.4, -0.2) is 10.7 Å². The minimum absolute atomic E-state index is 0.0132. The molecule has 21 heavy (non-hydrogen) atoms. The number of nitro benzene ring substituents is 1. The van der Waals surface area contributed by atoms with Gasteiger partial charge in [0.05, 0.1) is 4.92 Å². The molecule has 0 spiro atoms. The maximum absolute atomic E-state index is 12.0. The zero-order valence-corrected chi connectivity index (χ0v) is 12.0. The molecule has 0 aromatic heterocycles. The van der Waals surface area contributed by atoms with E-state index in [4.69, 9.17) is 11.6 Å². The number of benzene rings is 2. The summed E-state index contributed by atoms with van der Waals surface area (Å²) >= 11 is 5.72. The molecule has 0 atom stereocenters. The number of hydrogen-bond donors (Lipinski definition) is 0. The molecule has 0 heterocycles. The third-order valence-corrected chi connectivity index (χ3v) is 3.22. The largest absolute Gasteiger partial charge is 0.289 e. The molecule has 0 aliphatic carbocycles. The highest BCUT2D eigenvalue weighted by atomic mass is 35.5. The molecule has 0 fully saturated rings. The molecule has 5 heteroatoms. The fourth-order valence-corrected chi connectivity index (χ4v) is 2.03. The van der Waals surface area contributed by atoms with Crippen molar-refractivity contribution in [3.63, 3.8) is 0 Å². The molecular weight excluding hydrogens is 290 g/mol. The number of aryl methyl sites for hydroxylation is 1. The van der Waals surface area contributed by atoms with Crippen molar-refractivity contribution >= 4 is 29.1 Å². The Kier molecular flexibility index (Phi) is 4.50. The molecule has 0 bridgehead atoms. The molecule has 2 aromatic rings. The summed E-state index contributed by atoms with van der Waals surface area (Å²) in [4.78, 5) is 22.2. The molecule has 0 aliphatic rings. The van der Waals surface area contributed by atoms with E-state index in [9.17, 15) is 14.9 Å². The average molecular weight is 302 g/mol. The Morgan fingerprint density at radius 1 is 1.24 bits per heavy atom. The predicted octanol–water partition coefficient (Wildman–Crippen LogP) is 4.45. The van der Waals surface area contributed by atoms with Crippen molar-refractivity contribution in [1.29, 1.82) is 0 Å². The van der Waals surface area contributed by atoms with Crippen molar-refractivity contribution in [2.24, 2.45) is 0 Å². The molecular formula is C16H12ClNO3. The van der Waals surface area contributed by atoms with E-state index >= 15 is 0 Å². The van der Waals surface area contributed by atoms with E-state index in [1.54, 1.807) is 6.08 Å². The van der Waals surface area contributed by atoms with Gasteiger partial charge < -0.3 is 0 Å². The highest BCUT2D eigenvalue weighted by Crippen LogP contribution is 2.25. The lowest BCUT2D eigenvalue weighted by molar-refractivity contribution is -0.384. The van der Waals surface area contributed by atoms with E-state index in [0.717, 1.165) is 11.1 Å². The number of carbonyl (C=O) groups excluding carboxylic acids is 1. The van der Waals surface area contributed by atoms with Gasteiger partial charge in [0.25, 0.3) is 5.69 Å². The number of carbonyl (C=O) groups is 1. The highest BCUT2D eigenvalue weighted by molar-refractivity contribution is 6.32. The molecule has 0 amide bonds. The van der Waals surface area contributed by atoms with Crippen LogP contribution in [-0.2, 0) is 0 Å². The first-order valence-electron chi connectivity index (χ1n) is 6.20. The van der Waals surface area contributed by atoms with E-state index in [0.29, 0.717) is 0 Å². The third-order valence-electron chi connectivity index (χ3n) is 2.90. The molecule has 0 radical (unpaired) electrons. The first-order valence-corrected chi connectivity index (χ1v) is 6.58. The van der Waals surface area contributed by atoms with Gasteiger partial charge in [-0.1, -0.05) is 47.5 Å². The molecule has 0 saturated carbocycles. The van der Waals surface area contributed by atoms with Gasteiger partial charge in [-0.15, -0.1) is 0 Å². The minimum atomic E-state index is -0.608. The first-order chi connectivity index (χ1) is 9.97. The molecule has 106 valence electrons. The van der Waals surface area contributed by atoms with E-state index < -0.39 is 4.92 Å². The smallest absolute Gasteiger partial charge is 0.288 e. The van der Waals surface area contributed by atoms with Gasteiger partial charge in [-0.25, -0.2) is 0 Å². The average Bonchev–Trinajstić information content (AvgIpc) is 2.45. The van der Waals surface area contributed by atoms with Crippen LogP contribution < -0.4 is 0 Å². The second-order valence-corrected chi connectivity index (χ2v) is 4.94. The zero-order chi connectivity index (χ0) is 15.4.